The van der Waals surface area contributed by atoms with Gasteiger partial charge in [0.05, 0.1) is 0 Å². The van der Waals surface area contributed by atoms with E-state index in [1.165, 1.54) is 42.5 Å². The lowest BCUT2D eigenvalue weighted by molar-refractivity contribution is 0.456. The first kappa shape index (κ1) is 22.0. The Kier molecular flexibility index (Phi) is 5.98. The molecule has 0 saturated carbocycles. The van der Waals surface area contributed by atoms with Crippen LogP contribution in [-0.2, 0) is 14.9 Å². The van der Waals surface area contributed by atoms with Gasteiger partial charge in [0.2, 0.25) is 0 Å². The molecule has 0 unspecified atom stereocenters. The lowest BCUT2D eigenvalue weighted by Crippen LogP contribution is -2.39. The monoisotopic (exact) mass is 492 g/mol. The van der Waals surface area contributed by atoms with Crippen LogP contribution in [-0.4, -0.2) is 23.2 Å². The van der Waals surface area contributed by atoms with Crippen LogP contribution in [0.15, 0.2) is 54.6 Å². The third-order valence-corrected chi connectivity index (χ3v) is 6.98. The van der Waals surface area contributed by atoms with Gasteiger partial charge in [-0.2, -0.15) is 8.42 Å². The lowest BCUT2D eigenvalue weighted by Gasteiger charge is -2.34. The summed E-state index contributed by atoms with van der Waals surface area (Å²) in [6.07, 6.45) is 0. The highest BCUT2D eigenvalue weighted by molar-refractivity contribution is 7.87. The van der Waals surface area contributed by atoms with Gasteiger partial charge >= 0.3 is 0 Å². The summed E-state index contributed by atoms with van der Waals surface area (Å²) in [4.78, 5) is 0. The van der Waals surface area contributed by atoms with E-state index in [-0.39, 0.29) is 48.3 Å². The average Bonchev–Trinajstić information content (AvgIpc) is 2.60. The summed E-state index contributed by atoms with van der Waals surface area (Å²) in [5.74, 6) is -0.450. The fraction of sp³-hybridized carbons (Fsp3) is 0.0526. The first-order valence-electron chi connectivity index (χ1n) is 7.89. The summed E-state index contributed by atoms with van der Waals surface area (Å²) in [7, 11) is -5.07. The zero-order valence-corrected chi connectivity index (χ0v) is 18.1. The second-order valence-electron chi connectivity index (χ2n) is 6.11. The largest absolute Gasteiger partial charge is 0.508 e. The molecule has 0 aliphatic heterocycles. The number of halogens is 4. The third kappa shape index (κ3) is 3.77. The van der Waals surface area contributed by atoms with Crippen LogP contribution in [0.1, 0.15) is 16.7 Å². The Morgan fingerprint density at radius 1 is 0.655 bits per heavy atom. The minimum absolute atomic E-state index is 0.0414. The van der Waals surface area contributed by atoms with Crippen molar-refractivity contribution in [1.29, 1.82) is 0 Å². The molecule has 29 heavy (non-hydrogen) atoms. The molecule has 152 valence electrons. The summed E-state index contributed by atoms with van der Waals surface area (Å²) < 4.78 is 34.1. The van der Waals surface area contributed by atoms with Crippen LogP contribution < -0.4 is 0 Å². The molecule has 0 heterocycles. The van der Waals surface area contributed by atoms with Crippen molar-refractivity contribution in [3.05, 3.63) is 91.4 Å². The van der Waals surface area contributed by atoms with E-state index in [1.54, 1.807) is 0 Å². The molecule has 0 aromatic heterocycles. The fourth-order valence-corrected chi connectivity index (χ4v) is 5.79. The highest BCUT2D eigenvalue weighted by Gasteiger charge is 2.52. The van der Waals surface area contributed by atoms with Gasteiger partial charge in [-0.1, -0.05) is 58.5 Å². The Labute approximate surface area is 186 Å². The molecule has 5 nitrogen and oxygen atoms in total. The van der Waals surface area contributed by atoms with Crippen molar-refractivity contribution in [2.45, 2.75) is 4.75 Å². The zero-order chi connectivity index (χ0) is 21.6. The van der Waals surface area contributed by atoms with E-state index in [0.717, 1.165) is 12.1 Å². The minimum Gasteiger partial charge on any atom is -0.508 e. The third-order valence-electron chi connectivity index (χ3n) is 4.36. The van der Waals surface area contributed by atoms with Gasteiger partial charge < -0.3 is 10.2 Å². The molecule has 0 aliphatic rings. The van der Waals surface area contributed by atoms with Crippen molar-refractivity contribution in [1.82, 2.24) is 0 Å². The topological polar surface area (TPSA) is 94.8 Å². The summed E-state index contributed by atoms with van der Waals surface area (Å²) in [6, 6.07) is 11.2. The smallest absolute Gasteiger partial charge is 0.283 e. The highest BCUT2D eigenvalue weighted by atomic mass is 35.5. The zero-order valence-electron chi connectivity index (χ0n) is 14.3. The van der Waals surface area contributed by atoms with Crippen molar-refractivity contribution >= 4 is 56.5 Å². The van der Waals surface area contributed by atoms with Crippen LogP contribution in [0, 0.1) is 0 Å². The van der Waals surface area contributed by atoms with Crippen molar-refractivity contribution in [3.63, 3.8) is 0 Å². The number of rotatable bonds is 4. The molecule has 3 rings (SSSR count). The average molecular weight is 494 g/mol. The number of aromatic hydroxyl groups is 2. The van der Waals surface area contributed by atoms with Gasteiger partial charge in [-0.3, -0.25) is 4.55 Å². The van der Waals surface area contributed by atoms with Gasteiger partial charge in [-0.25, -0.2) is 0 Å². The second kappa shape index (κ2) is 7.87. The first-order chi connectivity index (χ1) is 13.5. The van der Waals surface area contributed by atoms with E-state index in [4.69, 9.17) is 46.4 Å². The molecule has 0 fully saturated rings. The quantitative estimate of drug-likeness (QED) is 0.311. The lowest BCUT2D eigenvalue weighted by atomic mass is 9.83. The van der Waals surface area contributed by atoms with E-state index in [0.29, 0.717) is 0 Å². The van der Waals surface area contributed by atoms with Crippen LogP contribution in [0.2, 0.25) is 20.1 Å². The molecule has 3 N–H and O–H groups in total. The van der Waals surface area contributed by atoms with E-state index >= 15 is 0 Å². The fourth-order valence-electron chi connectivity index (χ4n) is 3.20. The highest BCUT2D eigenvalue weighted by Crippen LogP contribution is 2.51. The summed E-state index contributed by atoms with van der Waals surface area (Å²) >= 11 is 25.0. The Morgan fingerprint density at radius 3 is 1.55 bits per heavy atom. The first-order valence-corrected chi connectivity index (χ1v) is 10.8. The number of hydrogen-bond donors (Lipinski definition) is 3. The van der Waals surface area contributed by atoms with E-state index < -0.39 is 14.9 Å². The van der Waals surface area contributed by atoms with Crippen molar-refractivity contribution < 1.29 is 23.2 Å². The van der Waals surface area contributed by atoms with Crippen molar-refractivity contribution in [3.8, 4) is 11.5 Å². The minimum atomic E-state index is -5.07. The molecule has 10 heteroatoms. The van der Waals surface area contributed by atoms with Gasteiger partial charge in [0.25, 0.3) is 10.1 Å². The van der Waals surface area contributed by atoms with Crippen molar-refractivity contribution in [2.24, 2.45) is 0 Å². The maximum absolute atomic E-state index is 13.0. The Hall–Kier alpha value is -1.67. The molecule has 0 saturated heterocycles. The summed E-state index contributed by atoms with van der Waals surface area (Å²) in [5.41, 5.74) is -0.373. The Morgan fingerprint density at radius 2 is 1.14 bits per heavy atom. The molecule has 0 spiro atoms. The second-order valence-corrected chi connectivity index (χ2v) is 9.33. The van der Waals surface area contributed by atoms with Gasteiger partial charge in [-0.05, 0) is 42.5 Å². The molecule has 0 amide bonds. The van der Waals surface area contributed by atoms with Crippen LogP contribution in [0.5, 0.6) is 11.5 Å². The van der Waals surface area contributed by atoms with Gasteiger partial charge in [0, 0.05) is 36.8 Å². The molecular formula is C19H12Cl4O5S. The predicted molar refractivity (Wildman–Crippen MR) is 114 cm³/mol. The number of benzene rings is 3. The normalized spacial score (nSPS) is 12.2. The van der Waals surface area contributed by atoms with E-state index in [1.807, 2.05) is 0 Å². The van der Waals surface area contributed by atoms with E-state index in [9.17, 15) is 23.2 Å². The summed E-state index contributed by atoms with van der Waals surface area (Å²) in [5, 5.41) is 19.2. The van der Waals surface area contributed by atoms with Crippen LogP contribution >= 0.6 is 46.4 Å². The van der Waals surface area contributed by atoms with E-state index in [2.05, 4.69) is 0 Å². The Bertz CT molecular complexity index is 1160. The number of phenolic OH excluding ortho intramolecular Hbond substituents is 2. The summed E-state index contributed by atoms with van der Waals surface area (Å²) in [6.45, 7) is 0. The number of hydrogen-bond acceptors (Lipinski definition) is 4. The van der Waals surface area contributed by atoms with Crippen LogP contribution in [0.25, 0.3) is 0 Å². The predicted octanol–water partition coefficient (Wildman–Crippen LogP) is 5.89. The molecule has 0 radical (unpaired) electrons. The molecule has 3 aromatic rings. The standard InChI is InChI=1S/C19H12Cl4O5S/c20-10-1-6-16(21)15(7-10)19(29(26,27)28,13-4-2-11(24)8-17(13)22)14-5-3-12(25)9-18(14)23/h1-9,24-25H,(H,26,27,28). The molecule has 0 aliphatic carbocycles. The van der Waals surface area contributed by atoms with Gasteiger partial charge in [0.1, 0.15) is 11.5 Å². The van der Waals surface area contributed by atoms with Gasteiger partial charge in [0.15, 0.2) is 4.75 Å². The maximum atomic E-state index is 13.0. The van der Waals surface area contributed by atoms with Crippen LogP contribution in [0.4, 0.5) is 0 Å². The molecular weight excluding hydrogens is 482 g/mol. The molecule has 0 atom stereocenters. The number of phenols is 2. The molecule has 0 bridgehead atoms. The van der Waals surface area contributed by atoms with Crippen molar-refractivity contribution in [2.75, 3.05) is 0 Å². The Balaban J connectivity index is 2.63. The maximum Gasteiger partial charge on any atom is 0.283 e. The molecule has 3 aromatic carbocycles. The SMILES string of the molecule is O=S(=O)(O)C(c1ccc(O)cc1Cl)(c1ccc(O)cc1Cl)c1cc(Cl)ccc1Cl. The van der Waals surface area contributed by atoms with Crippen LogP contribution in [0.3, 0.4) is 0 Å². The van der Waals surface area contributed by atoms with Gasteiger partial charge in [-0.15, -0.1) is 0 Å².